The van der Waals surface area contributed by atoms with E-state index in [4.69, 9.17) is 9.15 Å². The molecule has 0 fully saturated rings. The van der Waals surface area contributed by atoms with Crippen LogP contribution in [-0.2, 0) is 0 Å². The molecule has 90 valence electrons. The van der Waals surface area contributed by atoms with Crippen LogP contribution in [0, 0.1) is 0 Å². The van der Waals surface area contributed by atoms with Crippen molar-refractivity contribution >= 4 is 5.78 Å². The number of nitrogens with zero attached hydrogens (tertiary/aromatic N) is 2. The summed E-state index contributed by atoms with van der Waals surface area (Å²) in [5, 5.41) is 4.15. The SMILES string of the molecule is COc1cnn(C(C)C)c1C(=O)c1ccco1. The fraction of sp³-hybridized carbons (Fsp3) is 0.333. The number of carbonyl (C=O) groups is 1. The van der Waals surface area contributed by atoms with Gasteiger partial charge in [-0.05, 0) is 26.0 Å². The molecular formula is C12H14N2O3. The number of aromatic nitrogens is 2. The van der Waals surface area contributed by atoms with Crippen LogP contribution in [0.4, 0.5) is 0 Å². The van der Waals surface area contributed by atoms with Crippen molar-refractivity contribution in [1.82, 2.24) is 9.78 Å². The highest BCUT2D eigenvalue weighted by atomic mass is 16.5. The number of hydrogen-bond acceptors (Lipinski definition) is 4. The summed E-state index contributed by atoms with van der Waals surface area (Å²) in [4.78, 5) is 12.2. The van der Waals surface area contributed by atoms with E-state index in [9.17, 15) is 4.79 Å². The smallest absolute Gasteiger partial charge is 0.249 e. The molecule has 5 heteroatoms. The molecule has 0 unspecified atom stereocenters. The molecule has 2 heterocycles. The quantitative estimate of drug-likeness (QED) is 0.761. The normalized spacial score (nSPS) is 10.8. The zero-order valence-corrected chi connectivity index (χ0v) is 10.0. The Balaban J connectivity index is 2.49. The van der Waals surface area contributed by atoms with E-state index in [0.29, 0.717) is 11.4 Å². The molecule has 0 bridgehead atoms. The minimum Gasteiger partial charge on any atom is -0.493 e. The molecule has 5 nitrogen and oxygen atoms in total. The van der Waals surface area contributed by atoms with Crippen molar-refractivity contribution < 1.29 is 13.9 Å². The molecule has 0 N–H and O–H groups in total. The summed E-state index contributed by atoms with van der Waals surface area (Å²) in [5.41, 5.74) is 0.414. The lowest BCUT2D eigenvalue weighted by Gasteiger charge is -2.10. The van der Waals surface area contributed by atoms with E-state index in [1.54, 1.807) is 16.8 Å². The summed E-state index contributed by atoms with van der Waals surface area (Å²) in [6, 6.07) is 3.38. The van der Waals surface area contributed by atoms with E-state index >= 15 is 0 Å². The van der Waals surface area contributed by atoms with Crippen molar-refractivity contribution in [3.8, 4) is 5.75 Å². The van der Waals surface area contributed by atoms with Crippen molar-refractivity contribution in [3.63, 3.8) is 0 Å². The molecule has 0 aliphatic carbocycles. The molecule has 2 rings (SSSR count). The van der Waals surface area contributed by atoms with Crippen LogP contribution in [0.25, 0.3) is 0 Å². The minimum absolute atomic E-state index is 0.0767. The van der Waals surface area contributed by atoms with E-state index in [1.165, 1.54) is 19.6 Å². The van der Waals surface area contributed by atoms with Crippen LogP contribution >= 0.6 is 0 Å². The highest BCUT2D eigenvalue weighted by Crippen LogP contribution is 2.24. The molecule has 17 heavy (non-hydrogen) atoms. The van der Waals surface area contributed by atoms with Crippen LogP contribution in [0.3, 0.4) is 0 Å². The topological polar surface area (TPSA) is 57.3 Å². The van der Waals surface area contributed by atoms with Gasteiger partial charge < -0.3 is 9.15 Å². The Labute approximate surface area is 99.0 Å². The molecule has 0 spiro atoms. The van der Waals surface area contributed by atoms with Gasteiger partial charge in [0, 0.05) is 6.04 Å². The Hall–Kier alpha value is -2.04. The molecule has 2 aromatic rings. The van der Waals surface area contributed by atoms with Crippen molar-refractivity contribution in [2.75, 3.05) is 7.11 Å². The standard InChI is InChI=1S/C12H14N2O3/c1-8(2)14-11(10(16-3)7-13-14)12(15)9-5-4-6-17-9/h4-8H,1-3H3. The van der Waals surface area contributed by atoms with Crippen molar-refractivity contribution in [3.05, 3.63) is 36.0 Å². The molecule has 0 aliphatic heterocycles. The summed E-state index contributed by atoms with van der Waals surface area (Å²) in [6.07, 6.45) is 3.01. The number of ketones is 1. The molecule has 0 aromatic carbocycles. The summed E-state index contributed by atoms with van der Waals surface area (Å²) in [6.45, 7) is 3.90. The molecule has 0 saturated carbocycles. The first-order valence-electron chi connectivity index (χ1n) is 5.35. The second kappa shape index (κ2) is 4.45. The number of ether oxygens (including phenoxy) is 1. The number of carbonyl (C=O) groups excluding carboxylic acids is 1. The monoisotopic (exact) mass is 234 g/mol. The van der Waals surface area contributed by atoms with Gasteiger partial charge in [0.25, 0.3) is 0 Å². The van der Waals surface area contributed by atoms with E-state index in [0.717, 1.165) is 0 Å². The first-order chi connectivity index (χ1) is 8.15. The van der Waals surface area contributed by atoms with Crippen LogP contribution < -0.4 is 4.74 Å². The molecular weight excluding hydrogens is 220 g/mol. The second-order valence-corrected chi connectivity index (χ2v) is 3.91. The zero-order valence-electron chi connectivity index (χ0n) is 10.0. The van der Waals surface area contributed by atoms with E-state index in [1.807, 2.05) is 13.8 Å². The van der Waals surface area contributed by atoms with Crippen LogP contribution in [0.15, 0.2) is 29.0 Å². The number of methoxy groups -OCH3 is 1. The van der Waals surface area contributed by atoms with E-state index in [-0.39, 0.29) is 17.6 Å². The molecule has 0 atom stereocenters. The average molecular weight is 234 g/mol. The van der Waals surface area contributed by atoms with Crippen molar-refractivity contribution in [2.24, 2.45) is 0 Å². The van der Waals surface area contributed by atoms with Gasteiger partial charge in [-0.1, -0.05) is 0 Å². The van der Waals surface area contributed by atoms with Crippen molar-refractivity contribution in [1.29, 1.82) is 0 Å². The van der Waals surface area contributed by atoms with E-state index < -0.39 is 0 Å². The summed E-state index contributed by atoms with van der Waals surface area (Å²) < 4.78 is 11.9. The lowest BCUT2D eigenvalue weighted by molar-refractivity contribution is 0.0994. The summed E-state index contributed by atoms with van der Waals surface area (Å²) >= 11 is 0. The Kier molecular flexibility index (Phi) is 2.99. The Morgan fingerprint density at radius 2 is 2.29 bits per heavy atom. The highest BCUT2D eigenvalue weighted by Gasteiger charge is 2.23. The fourth-order valence-corrected chi connectivity index (χ4v) is 1.63. The number of rotatable bonds is 4. The molecule has 0 saturated heterocycles. The molecule has 2 aromatic heterocycles. The minimum atomic E-state index is -0.224. The predicted octanol–water partition coefficient (Wildman–Crippen LogP) is 2.30. The maximum Gasteiger partial charge on any atom is 0.249 e. The van der Waals surface area contributed by atoms with Gasteiger partial charge >= 0.3 is 0 Å². The third-order valence-electron chi connectivity index (χ3n) is 2.43. The number of hydrogen-bond donors (Lipinski definition) is 0. The van der Waals surface area contributed by atoms with Crippen LogP contribution in [0.1, 0.15) is 36.1 Å². The first-order valence-corrected chi connectivity index (χ1v) is 5.35. The van der Waals surface area contributed by atoms with Crippen LogP contribution in [0.5, 0.6) is 5.75 Å². The Bertz CT molecular complexity index is 512. The Morgan fingerprint density at radius 3 is 2.82 bits per heavy atom. The first kappa shape index (κ1) is 11.4. The van der Waals surface area contributed by atoms with Gasteiger partial charge in [-0.25, -0.2) is 0 Å². The van der Waals surface area contributed by atoms with Crippen LogP contribution in [0.2, 0.25) is 0 Å². The van der Waals surface area contributed by atoms with Gasteiger partial charge in [0.2, 0.25) is 5.78 Å². The third-order valence-corrected chi connectivity index (χ3v) is 2.43. The maximum atomic E-state index is 12.2. The van der Waals surface area contributed by atoms with Gasteiger partial charge in [0.05, 0.1) is 19.6 Å². The van der Waals surface area contributed by atoms with Gasteiger partial charge in [-0.15, -0.1) is 0 Å². The van der Waals surface area contributed by atoms with Gasteiger partial charge in [0.1, 0.15) is 0 Å². The van der Waals surface area contributed by atoms with Crippen LogP contribution in [-0.4, -0.2) is 22.7 Å². The Morgan fingerprint density at radius 1 is 1.53 bits per heavy atom. The van der Waals surface area contributed by atoms with Gasteiger partial charge in [0.15, 0.2) is 17.2 Å². The van der Waals surface area contributed by atoms with Crippen molar-refractivity contribution in [2.45, 2.75) is 19.9 Å². The van der Waals surface area contributed by atoms with Gasteiger partial charge in [-0.3, -0.25) is 9.48 Å². The van der Waals surface area contributed by atoms with Gasteiger partial charge in [-0.2, -0.15) is 5.10 Å². The molecule has 0 radical (unpaired) electrons. The lowest BCUT2D eigenvalue weighted by Crippen LogP contribution is -2.13. The third kappa shape index (κ3) is 1.95. The molecule has 0 amide bonds. The largest absolute Gasteiger partial charge is 0.493 e. The number of furan rings is 1. The predicted molar refractivity (Wildman–Crippen MR) is 61.3 cm³/mol. The van der Waals surface area contributed by atoms with E-state index in [2.05, 4.69) is 5.10 Å². The zero-order chi connectivity index (χ0) is 12.4. The summed E-state index contributed by atoms with van der Waals surface area (Å²) in [5.74, 6) is 0.517. The highest BCUT2D eigenvalue weighted by molar-refractivity contribution is 6.07. The molecule has 0 aliphatic rings. The maximum absolute atomic E-state index is 12.2. The summed E-state index contributed by atoms with van der Waals surface area (Å²) in [7, 11) is 1.51. The lowest BCUT2D eigenvalue weighted by atomic mass is 10.2. The average Bonchev–Trinajstić information content (AvgIpc) is 2.96. The second-order valence-electron chi connectivity index (χ2n) is 3.91. The fourth-order valence-electron chi connectivity index (χ4n) is 1.63.